The molecular formula is C18H18ClN5OS. The normalized spacial score (nSPS) is 13.8. The number of amides is 1. The van der Waals surface area contributed by atoms with Gasteiger partial charge in [-0.05, 0) is 37.5 Å². The van der Waals surface area contributed by atoms with Crippen molar-refractivity contribution in [3.63, 3.8) is 0 Å². The molecule has 0 atom stereocenters. The highest BCUT2D eigenvalue weighted by atomic mass is 35.5. The number of aryl methyl sites for hydroxylation is 1. The smallest absolute Gasteiger partial charge is 0.263 e. The van der Waals surface area contributed by atoms with Gasteiger partial charge >= 0.3 is 0 Å². The summed E-state index contributed by atoms with van der Waals surface area (Å²) in [6.45, 7) is 1.98. The van der Waals surface area contributed by atoms with Gasteiger partial charge in [-0.25, -0.2) is 9.97 Å². The minimum Gasteiger partial charge on any atom is -0.397 e. The third kappa shape index (κ3) is 2.97. The summed E-state index contributed by atoms with van der Waals surface area (Å²) < 4.78 is 0. The fourth-order valence-electron chi connectivity index (χ4n) is 2.87. The predicted molar refractivity (Wildman–Crippen MR) is 107 cm³/mol. The molecule has 0 radical (unpaired) electrons. The van der Waals surface area contributed by atoms with E-state index in [2.05, 4.69) is 15.6 Å². The molecule has 2 heterocycles. The molecule has 1 fully saturated rings. The lowest BCUT2D eigenvalue weighted by atomic mass is 10.0. The zero-order chi connectivity index (χ0) is 18.4. The average molecular weight is 388 g/mol. The molecule has 4 rings (SSSR count). The number of hydrogen-bond donors (Lipinski definition) is 3. The van der Waals surface area contributed by atoms with E-state index in [0.29, 0.717) is 37.8 Å². The van der Waals surface area contributed by atoms with Crippen LogP contribution in [-0.4, -0.2) is 29.0 Å². The molecule has 134 valence electrons. The number of carbonyl (C=O) groups is 1. The summed E-state index contributed by atoms with van der Waals surface area (Å²) >= 11 is 7.39. The van der Waals surface area contributed by atoms with E-state index in [1.165, 1.54) is 11.3 Å². The highest BCUT2D eigenvalue weighted by Crippen LogP contribution is 2.40. The number of benzene rings is 1. The third-order valence-corrected chi connectivity index (χ3v) is 5.71. The first-order valence-electron chi connectivity index (χ1n) is 8.33. The van der Waals surface area contributed by atoms with Crippen LogP contribution in [-0.2, 0) is 0 Å². The highest BCUT2D eigenvalue weighted by Gasteiger charge is 2.25. The molecule has 3 aromatic rings. The Labute approximate surface area is 159 Å². The van der Waals surface area contributed by atoms with E-state index in [1.807, 2.05) is 25.1 Å². The average Bonchev–Trinajstić information content (AvgIpc) is 3.35. The number of nitrogen functional groups attached to an aromatic ring is 1. The maximum atomic E-state index is 12.2. The molecule has 1 saturated carbocycles. The highest BCUT2D eigenvalue weighted by molar-refractivity contribution is 7.21. The third-order valence-electron chi connectivity index (χ3n) is 4.38. The largest absolute Gasteiger partial charge is 0.397 e. The number of nitrogens with zero attached hydrogens (tertiary/aromatic N) is 2. The van der Waals surface area contributed by atoms with Crippen LogP contribution in [0.3, 0.4) is 0 Å². The predicted octanol–water partition coefficient (Wildman–Crippen LogP) is 3.84. The van der Waals surface area contributed by atoms with E-state index in [0.717, 1.165) is 29.7 Å². The molecule has 1 aliphatic rings. The first kappa shape index (κ1) is 17.1. The number of nitrogens with one attached hydrogen (secondary N) is 2. The van der Waals surface area contributed by atoms with Gasteiger partial charge in [0.05, 0.1) is 16.8 Å². The summed E-state index contributed by atoms with van der Waals surface area (Å²) in [6.07, 6.45) is 2.24. The summed E-state index contributed by atoms with van der Waals surface area (Å²) in [7, 11) is 1.59. The van der Waals surface area contributed by atoms with Gasteiger partial charge in [0.15, 0.2) is 0 Å². The van der Waals surface area contributed by atoms with E-state index in [-0.39, 0.29) is 5.91 Å². The summed E-state index contributed by atoms with van der Waals surface area (Å²) in [5.41, 5.74) is 9.36. The number of anilines is 2. The second-order valence-corrected chi connectivity index (χ2v) is 7.81. The Balaban J connectivity index is 1.98. The molecule has 2 aromatic heterocycles. The van der Waals surface area contributed by atoms with Crippen molar-refractivity contribution in [3.8, 4) is 11.3 Å². The van der Waals surface area contributed by atoms with Crippen LogP contribution in [0.25, 0.3) is 21.5 Å². The number of rotatable bonds is 4. The van der Waals surface area contributed by atoms with Crippen molar-refractivity contribution in [1.29, 1.82) is 0 Å². The molecule has 0 bridgehead atoms. The number of thiophene rings is 1. The van der Waals surface area contributed by atoms with Crippen molar-refractivity contribution in [2.45, 2.75) is 25.8 Å². The molecule has 0 saturated heterocycles. The van der Waals surface area contributed by atoms with E-state index < -0.39 is 0 Å². The molecule has 1 amide bonds. The zero-order valence-corrected chi connectivity index (χ0v) is 16.0. The van der Waals surface area contributed by atoms with Gasteiger partial charge in [0, 0.05) is 23.7 Å². The fourth-order valence-corrected chi connectivity index (χ4v) is 4.13. The van der Waals surface area contributed by atoms with E-state index in [9.17, 15) is 4.79 Å². The van der Waals surface area contributed by atoms with Gasteiger partial charge < -0.3 is 16.4 Å². The molecule has 4 N–H and O–H groups in total. The fraction of sp³-hybridized carbons (Fsp3) is 0.278. The van der Waals surface area contributed by atoms with Gasteiger partial charge in [-0.15, -0.1) is 11.3 Å². The Hall–Kier alpha value is -2.38. The number of carbonyl (C=O) groups excluding carboxylic acids is 1. The van der Waals surface area contributed by atoms with Gasteiger partial charge in [-0.2, -0.15) is 0 Å². The van der Waals surface area contributed by atoms with Crippen molar-refractivity contribution in [1.82, 2.24) is 15.3 Å². The minimum absolute atomic E-state index is 0.221. The van der Waals surface area contributed by atoms with Crippen molar-refractivity contribution in [2.75, 3.05) is 18.1 Å². The summed E-state index contributed by atoms with van der Waals surface area (Å²) in [4.78, 5) is 22.7. The Bertz CT molecular complexity index is 1030. The Morgan fingerprint density at radius 2 is 2.12 bits per heavy atom. The lowest BCUT2D eigenvalue weighted by molar-refractivity contribution is 0.0968. The molecular weight excluding hydrogens is 370 g/mol. The van der Waals surface area contributed by atoms with Crippen LogP contribution in [0.5, 0.6) is 0 Å². The van der Waals surface area contributed by atoms with E-state index in [4.69, 9.17) is 22.3 Å². The van der Waals surface area contributed by atoms with E-state index >= 15 is 0 Å². The van der Waals surface area contributed by atoms with Crippen LogP contribution in [0.15, 0.2) is 18.2 Å². The molecule has 1 aliphatic carbocycles. The Morgan fingerprint density at radius 1 is 1.35 bits per heavy atom. The monoisotopic (exact) mass is 387 g/mol. The lowest BCUT2D eigenvalue weighted by Crippen LogP contribution is -2.17. The maximum Gasteiger partial charge on any atom is 0.263 e. The number of halogens is 1. The maximum absolute atomic E-state index is 12.2. The lowest BCUT2D eigenvalue weighted by Gasteiger charge is -2.11. The van der Waals surface area contributed by atoms with E-state index in [1.54, 1.807) is 7.05 Å². The van der Waals surface area contributed by atoms with Crippen molar-refractivity contribution < 1.29 is 4.79 Å². The van der Waals surface area contributed by atoms with Crippen LogP contribution in [0, 0.1) is 6.92 Å². The molecule has 0 aliphatic heterocycles. The standard InChI is InChI=1S/C18H18ClN5OS/c1-8-7-9(19)3-6-11(8)14-12-13(20)15(16(25)21-2)26-17(12)24-18(23-14)22-10-4-5-10/h3,6-7,10H,4-5,20H2,1-2H3,(H,21,25)(H,22,23,24). The summed E-state index contributed by atoms with van der Waals surface area (Å²) in [5.74, 6) is 0.343. The van der Waals surface area contributed by atoms with Crippen molar-refractivity contribution in [2.24, 2.45) is 0 Å². The number of aromatic nitrogens is 2. The van der Waals surface area contributed by atoms with Gasteiger partial charge in [0.2, 0.25) is 5.95 Å². The van der Waals surface area contributed by atoms with Gasteiger partial charge in [-0.1, -0.05) is 17.7 Å². The number of nitrogens with two attached hydrogens (primary N) is 1. The molecule has 26 heavy (non-hydrogen) atoms. The van der Waals surface area contributed by atoms with Gasteiger partial charge in [0.1, 0.15) is 9.71 Å². The van der Waals surface area contributed by atoms with Crippen molar-refractivity contribution >= 4 is 50.7 Å². The molecule has 1 aromatic carbocycles. The minimum atomic E-state index is -0.221. The number of hydrogen-bond acceptors (Lipinski definition) is 6. The molecule has 6 nitrogen and oxygen atoms in total. The first-order chi connectivity index (χ1) is 12.5. The second-order valence-electron chi connectivity index (χ2n) is 6.38. The Morgan fingerprint density at radius 3 is 2.77 bits per heavy atom. The van der Waals surface area contributed by atoms with Crippen molar-refractivity contribution in [3.05, 3.63) is 33.7 Å². The molecule has 0 spiro atoms. The second kappa shape index (κ2) is 6.41. The molecule has 8 heteroatoms. The summed E-state index contributed by atoms with van der Waals surface area (Å²) in [6, 6.07) is 6.06. The Kier molecular flexibility index (Phi) is 4.20. The molecule has 0 unspecified atom stereocenters. The number of fused-ring (bicyclic) bond motifs is 1. The zero-order valence-electron chi connectivity index (χ0n) is 14.4. The van der Waals surface area contributed by atoms with Crippen LogP contribution < -0.4 is 16.4 Å². The first-order valence-corrected chi connectivity index (χ1v) is 9.52. The van der Waals surface area contributed by atoms with Crippen LogP contribution >= 0.6 is 22.9 Å². The van der Waals surface area contributed by atoms with Gasteiger partial charge in [-0.3, -0.25) is 4.79 Å². The van der Waals surface area contributed by atoms with Crippen LogP contribution in [0.4, 0.5) is 11.6 Å². The van der Waals surface area contributed by atoms with Crippen LogP contribution in [0.2, 0.25) is 5.02 Å². The SMILES string of the molecule is CNC(=O)c1sc2nc(NC3CC3)nc(-c3ccc(Cl)cc3C)c2c1N. The van der Waals surface area contributed by atoms with Crippen LogP contribution in [0.1, 0.15) is 28.1 Å². The topological polar surface area (TPSA) is 92.9 Å². The summed E-state index contributed by atoms with van der Waals surface area (Å²) in [5, 5.41) is 7.34. The van der Waals surface area contributed by atoms with Gasteiger partial charge in [0.25, 0.3) is 5.91 Å². The quantitative estimate of drug-likeness (QED) is 0.632.